The quantitative estimate of drug-likeness (QED) is 0.399. The third kappa shape index (κ3) is 7.25. The van der Waals surface area contributed by atoms with Gasteiger partial charge in [0.25, 0.3) is 5.91 Å². The zero-order valence-electron chi connectivity index (χ0n) is 16.6. The highest BCUT2D eigenvalue weighted by Gasteiger charge is 2.06. The Hall–Kier alpha value is -3.42. The van der Waals surface area contributed by atoms with E-state index >= 15 is 0 Å². The molecule has 0 aliphatic heterocycles. The predicted molar refractivity (Wildman–Crippen MR) is 111 cm³/mol. The van der Waals surface area contributed by atoms with Gasteiger partial charge in [0.15, 0.2) is 5.96 Å². The Balaban J connectivity index is 1.94. The first-order chi connectivity index (χ1) is 13.9. The van der Waals surface area contributed by atoms with Crippen LogP contribution in [0.1, 0.15) is 34.0 Å². The van der Waals surface area contributed by atoms with Crippen LogP contribution >= 0.6 is 0 Å². The van der Waals surface area contributed by atoms with Gasteiger partial charge in [-0.3, -0.25) is 9.59 Å². The molecular formula is C21H26FN5O2. The SMILES string of the molecule is CCNC(=NCc1ccc(F)c(C)c1)NCc1ccc(C(=O)NCC(N)=O)cc1. The summed E-state index contributed by atoms with van der Waals surface area (Å²) in [6.07, 6.45) is 0. The second-order valence-corrected chi connectivity index (χ2v) is 6.48. The second-order valence-electron chi connectivity index (χ2n) is 6.48. The molecule has 154 valence electrons. The number of hydrogen-bond acceptors (Lipinski definition) is 3. The van der Waals surface area contributed by atoms with Crippen LogP contribution in [-0.2, 0) is 17.9 Å². The molecule has 0 bridgehead atoms. The average molecular weight is 399 g/mol. The van der Waals surface area contributed by atoms with Crippen LogP contribution < -0.4 is 21.7 Å². The summed E-state index contributed by atoms with van der Waals surface area (Å²) in [6.45, 7) is 5.14. The molecule has 0 spiro atoms. The van der Waals surface area contributed by atoms with Crippen LogP contribution in [0.4, 0.5) is 4.39 Å². The summed E-state index contributed by atoms with van der Waals surface area (Å²) in [5, 5.41) is 8.83. The lowest BCUT2D eigenvalue weighted by Crippen LogP contribution is -2.36. The van der Waals surface area contributed by atoms with Gasteiger partial charge in [0.1, 0.15) is 5.82 Å². The topological polar surface area (TPSA) is 109 Å². The molecule has 0 atom stereocenters. The van der Waals surface area contributed by atoms with Crippen LogP contribution in [0.2, 0.25) is 0 Å². The molecule has 2 rings (SSSR count). The molecule has 2 aromatic carbocycles. The number of nitrogens with zero attached hydrogens (tertiary/aromatic N) is 1. The predicted octanol–water partition coefficient (Wildman–Crippen LogP) is 1.60. The molecule has 8 heteroatoms. The van der Waals surface area contributed by atoms with Crippen LogP contribution in [0, 0.1) is 12.7 Å². The van der Waals surface area contributed by atoms with Gasteiger partial charge in [0.2, 0.25) is 5.91 Å². The molecule has 0 saturated carbocycles. The highest BCUT2D eigenvalue weighted by molar-refractivity contribution is 5.96. The Kier molecular flexibility index (Phi) is 8.14. The fourth-order valence-electron chi connectivity index (χ4n) is 2.55. The number of halogens is 1. The number of primary amides is 1. The number of carbonyl (C=O) groups is 2. The molecule has 7 nitrogen and oxygen atoms in total. The van der Waals surface area contributed by atoms with E-state index in [0.717, 1.165) is 11.1 Å². The lowest BCUT2D eigenvalue weighted by atomic mass is 10.1. The number of nitrogens with one attached hydrogen (secondary N) is 3. The molecule has 5 N–H and O–H groups in total. The summed E-state index contributed by atoms with van der Waals surface area (Å²) in [7, 11) is 0. The van der Waals surface area contributed by atoms with Crippen molar-refractivity contribution in [2.75, 3.05) is 13.1 Å². The van der Waals surface area contributed by atoms with E-state index < -0.39 is 5.91 Å². The van der Waals surface area contributed by atoms with Crippen LogP contribution in [0.25, 0.3) is 0 Å². The van der Waals surface area contributed by atoms with E-state index in [1.807, 2.05) is 19.1 Å². The number of rotatable bonds is 8. The molecule has 0 fully saturated rings. The first-order valence-corrected chi connectivity index (χ1v) is 9.31. The summed E-state index contributed by atoms with van der Waals surface area (Å²) in [5.41, 5.74) is 7.94. The lowest BCUT2D eigenvalue weighted by Gasteiger charge is -2.12. The monoisotopic (exact) mass is 399 g/mol. The number of nitrogens with two attached hydrogens (primary N) is 1. The van der Waals surface area contributed by atoms with Crippen molar-refractivity contribution < 1.29 is 14.0 Å². The fourth-order valence-corrected chi connectivity index (χ4v) is 2.55. The number of carbonyl (C=O) groups excluding carboxylic acids is 2. The smallest absolute Gasteiger partial charge is 0.251 e. The Morgan fingerprint density at radius 3 is 2.34 bits per heavy atom. The third-order valence-electron chi connectivity index (χ3n) is 4.09. The van der Waals surface area contributed by atoms with E-state index in [4.69, 9.17) is 5.73 Å². The minimum absolute atomic E-state index is 0.196. The molecular weight excluding hydrogens is 373 g/mol. The van der Waals surface area contributed by atoms with Crippen molar-refractivity contribution in [2.24, 2.45) is 10.7 Å². The van der Waals surface area contributed by atoms with Crippen molar-refractivity contribution in [2.45, 2.75) is 26.9 Å². The van der Waals surface area contributed by atoms with Gasteiger partial charge in [0.05, 0.1) is 13.1 Å². The Morgan fingerprint density at radius 1 is 1.03 bits per heavy atom. The van der Waals surface area contributed by atoms with Crippen LogP contribution in [-0.4, -0.2) is 30.9 Å². The Labute approximate surface area is 169 Å². The van der Waals surface area contributed by atoms with Gasteiger partial charge in [-0.05, 0) is 48.7 Å². The van der Waals surface area contributed by atoms with E-state index in [9.17, 15) is 14.0 Å². The minimum atomic E-state index is -0.592. The molecule has 0 aromatic heterocycles. The maximum absolute atomic E-state index is 13.4. The molecule has 0 aliphatic rings. The van der Waals surface area contributed by atoms with E-state index in [-0.39, 0.29) is 18.3 Å². The van der Waals surface area contributed by atoms with Crippen molar-refractivity contribution in [3.8, 4) is 0 Å². The number of amides is 2. The van der Waals surface area contributed by atoms with E-state index in [1.54, 1.807) is 31.2 Å². The molecule has 0 unspecified atom stereocenters. The lowest BCUT2D eigenvalue weighted by molar-refractivity contribution is -0.117. The van der Waals surface area contributed by atoms with Crippen molar-refractivity contribution in [3.05, 3.63) is 70.5 Å². The summed E-state index contributed by atoms with van der Waals surface area (Å²) in [5.74, 6) is -0.537. The maximum Gasteiger partial charge on any atom is 0.251 e. The molecule has 2 amide bonds. The van der Waals surface area contributed by atoms with Crippen molar-refractivity contribution in [3.63, 3.8) is 0 Å². The Bertz CT molecular complexity index is 881. The van der Waals surface area contributed by atoms with Crippen LogP contribution in [0.5, 0.6) is 0 Å². The first kappa shape index (κ1) is 21.9. The highest BCUT2D eigenvalue weighted by atomic mass is 19.1. The molecule has 0 heterocycles. The van der Waals surface area contributed by atoms with Gasteiger partial charge in [-0.2, -0.15) is 0 Å². The van der Waals surface area contributed by atoms with Gasteiger partial charge in [-0.1, -0.05) is 24.3 Å². The number of aliphatic imine (C=N–C) groups is 1. The molecule has 2 aromatic rings. The number of benzene rings is 2. The minimum Gasteiger partial charge on any atom is -0.368 e. The first-order valence-electron chi connectivity index (χ1n) is 9.31. The Morgan fingerprint density at radius 2 is 1.72 bits per heavy atom. The number of aryl methyl sites for hydroxylation is 1. The van der Waals surface area contributed by atoms with Gasteiger partial charge in [0, 0.05) is 18.7 Å². The van der Waals surface area contributed by atoms with E-state index in [1.165, 1.54) is 6.07 Å². The summed E-state index contributed by atoms with van der Waals surface area (Å²) < 4.78 is 13.4. The van der Waals surface area contributed by atoms with Crippen molar-refractivity contribution >= 4 is 17.8 Å². The number of guanidine groups is 1. The average Bonchev–Trinajstić information content (AvgIpc) is 2.71. The van der Waals surface area contributed by atoms with Gasteiger partial charge in [-0.25, -0.2) is 9.38 Å². The third-order valence-corrected chi connectivity index (χ3v) is 4.09. The van der Waals surface area contributed by atoms with Gasteiger partial charge < -0.3 is 21.7 Å². The summed E-state index contributed by atoms with van der Waals surface area (Å²) >= 11 is 0. The van der Waals surface area contributed by atoms with Crippen molar-refractivity contribution in [1.29, 1.82) is 0 Å². The van der Waals surface area contributed by atoms with E-state index in [2.05, 4.69) is 20.9 Å². The fraction of sp³-hybridized carbons (Fsp3) is 0.286. The molecule has 0 radical (unpaired) electrons. The number of hydrogen-bond donors (Lipinski definition) is 4. The zero-order valence-corrected chi connectivity index (χ0v) is 16.6. The maximum atomic E-state index is 13.4. The summed E-state index contributed by atoms with van der Waals surface area (Å²) in [6, 6.07) is 11.9. The summed E-state index contributed by atoms with van der Waals surface area (Å²) in [4.78, 5) is 27.1. The normalized spacial score (nSPS) is 11.1. The molecule has 0 saturated heterocycles. The van der Waals surface area contributed by atoms with Crippen LogP contribution in [0.15, 0.2) is 47.5 Å². The zero-order chi connectivity index (χ0) is 21.2. The van der Waals surface area contributed by atoms with Gasteiger partial charge >= 0.3 is 0 Å². The molecule has 0 aliphatic carbocycles. The molecule has 29 heavy (non-hydrogen) atoms. The highest BCUT2D eigenvalue weighted by Crippen LogP contribution is 2.10. The largest absolute Gasteiger partial charge is 0.368 e. The second kappa shape index (κ2) is 10.8. The standard InChI is InChI=1S/C21H26FN5O2/c1-3-24-21(27-12-16-6-9-18(22)14(2)10-16)26-11-15-4-7-17(8-5-15)20(29)25-13-19(23)28/h4-10H,3,11-13H2,1-2H3,(H2,23,28)(H,25,29)(H2,24,26,27). The van der Waals surface area contributed by atoms with Crippen molar-refractivity contribution in [1.82, 2.24) is 16.0 Å². The van der Waals surface area contributed by atoms with Gasteiger partial charge in [-0.15, -0.1) is 0 Å². The van der Waals surface area contributed by atoms with Crippen LogP contribution in [0.3, 0.4) is 0 Å². The van der Waals surface area contributed by atoms with E-state index in [0.29, 0.717) is 36.7 Å².